The van der Waals surface area contributed by atoms with Crippen molar-refractivity contribution >= 4 is 17.5 Å². The maximum absolute atomic E-state index is 13.7. The van der Waals surface area contributed by atoms with Crippen molar-refractivity contribution in [2.24, 2.45) is 11.8 Å². The molecule has 0 aromatic heterocycles. The number of carbonyl (C=O) groups excluding carboxylic acids is 2. The van der Waals surface area contributed by atoms with E-state index in [1.165, 1.54) is 12.1 Å². The quantitative estimate of drug-likeness (QED) is 0.629. The first-order valence-electron chi connectivity index (χ1n) is 8.59. The van der Waals surface area contributed by atoms with Crippen LogP contribution in [0.3, 0.4) is 0 Å². The Bertz CT molecular complexity index is 967. The van der Waals surface area contributed by atoms with Gasteiger partial charge in [-0.25, -0.2) is 4.90 Å². The zero-order valence-corrected chi connectivity index (χ0v) is 14.7. The highest BCUT2D eigenvalue weighted by atomic mass is 19.4. The van der Waals surface area contributed by atoms with Gasteiger partial charge in [-0.2, -0.15) is 18.4 Å². The first-order chi connectivity index (χ1) is 13.1. The van der Waals surface area contributed by atoms with Crippen LogP contribution in [-0.2, 0) is 20.5 Å². The molecule has 1 aromatic carbocycles. The third-order valence-electron chi connectivity index (χ3n) is 5.75. The van der Waals surface area contributed by atoms with E-state index >= 15 is 0 Å². The summed E-state index contributed by atoms with van der Waals surface area (Å²) < 4.78 is 46.9. The Hall–Kier alpha value is -2.70. The highest BCUT2D eigenvalue weighted by Gasteiger charge is 2.72. The van der Waals surface area contributed by atoms with Crippen molar-refractivity contribution in [1.29, 1.82) is 5.26 Å². The molecule has 0 saturated carbocycles. The second-order valence-corrected chi connectivity index (χ2v) is 7.32. The Morgan fingerprint density at radius 2 is 1.93 bits per heavy atom. The molecule has 2 saturated heterocycles. The van der Waals surface area contributed by atoms with Gasteiger partial charge >= 0.3 is 6.18 Å². The predicted octanol–water partition coefficient (Wildman–Crippen LogP) is 2.16. The summed E-state index contributed by atoms with van der Waals surface area (Å²) in [4.78, 5) is 26.8. The Balaban J connectivity index is 1.87. The van der Waals surface area contributed by atoms with Crippen LogP contribution in [0.1, 0.15) is 24.5 Å². The smallest absolute Gasteiger partial charge is 0.396 e. The summed E-state index contributed by atoms with van der Waals surface area (Å²) in [6.45, 7) is 1.28. The molecular formula is C19H15F3N2O4. The average Bonchev–Trinajstić information content (AvgIpc) is 3.19. The van der Waals surface area contributed by atoms with E-state index in [-0.39, 0.29) is 13.0 Å². The molecule has 6 nitrogen and oxygen atoms in total. The van der Waals surface area contributed by atoms with Crippen LogP contribution in [0, 0.1) is 23.2 Å². The van der Waals surface area contributed by atoms with Gasteiger partial charge < -0.3 is 9.84 Å². The number of benzene rings is 1. The maximum Gasteiger partial charge on any atom is 0.419 e. The molecule has 3 aliphatic heterocycles. The lowest BCUT2D eigenvalue weighted by Crippen LogP contribution is -2.42. The van der Waals surface area contributed by atoms with E-state index in [9.17, 15) is 27.9 Å². The second-order valence-electron chi connectivity index (χ2n) is 7.32. The van der Waals surface area contributed by atoms with Gasteiger partial charge in [0.05, 0.1) is 40.3 Å². The van der Waals surface area contributed by atoms with E-state index in [0.717, 1.165) is 12.1 Å². The summed E-state index contributed by atoms with van der Waals surface area (Å²) in [5.74, 6) is -3.66. The van der Waals surface area contributed by atoms with Crippen LogP contribution in [0.25, 0.3) is 0 Å². The fourth-order valence-corrected chi connectivity index (χ4v) is 4.68. The summed E-state index contributed by atoms with van der Waals surface area (Å²) in [6, 6.07) is 4.67. The average molecular weight is 392 g/mol. The highest BCUT2D eigenvalue weighted by molar-refractivity contribution is 6.24. The van der Waals surface area contributed by atoms with E-state index in [1.54, 1.807) is 19.1 Å². The molecular weight excluding hydrogens is 377 g/mol. The lowest BCUT2D eigenvalue weighted by molar-refractivity contribution is -0.137. The number of halogens is 3. The molecule has 2 amide bonds. The molecule has 4 unspecified atom stereocenters. The Morgan fingerprint density at radius 3 is 2.54 bits per heavy atom. The third kappa shape index (κ3) is 2.22. The molecule has 0 spiro atoms. The number of carbonyl (C=O) groups is 2. The Labute approximate surface area is 157 Å². The van der Waals surface area contributed by atoms with Gasteiger partial charge in [-0.15, -0.1) is 0 Å². The number of nitriles is 1. The number of rotatable bonds is 3. The van der Waals surface area contributed by atoms with Gasteiger partial charge in [-0.1, -0.05) is 18.2 Å². The molecule has 0 radical (unpaired) electrons. The Morgan fingerprint density at radius 1 is 1.25 bits per heavy atom. The minimum Gasteiger partial charge on any atom is -0.396 e. The number of hydrogen-bond donors (Lipinski definition) is 1. The van der Waals surface area contributed by atoms with Crippen LogP contribution in [0.5, 0.6) is 0 Å². The van der Waals surface area contributed by atoms with Crippen molar-refractivity contribution in [2.45, 2.75) is 30.7 Å². The van der Waals surface area contributed by atoms with E-state index in [4.69, 9.17) is 10.00 Å². The van der Waals surface area contributed by atoms with Crippen molar-refractivity contribution < 1.29 is 32.6 Å². The molecule has 1 N–H and O–H groups in total. The van der Waals surface area contributed by atoms with Gasteiger partial charge in [0, 0.05) is 13.0 Å². The topological polar surface area (TPSA) is 90.6 Å². The molecule has 2 fully saturated rings. The van der Waals surface area contributed by atoms with Gasteiger partial charge in [0.1, 0.15) is 5.60 Å². The summed E-state index contributed by atoms with van der Waals surface area (Å²) in [7, 11) is 0. The molecule has 0 aliphatic carbocycles. The fraction of sp³-hybridized carbons (Fsp3) is 0.421. The second kappa shape index (κ2) is 5.65. The molecule has 4 rings (SSSR count). The van der Waals surface area contributed by atoms with Gasteiger partial charge in [0.15, 0.2) is 0 Å². The number of imide groups is 1. The van der Waals surface area contributed by atoms with E-state index < -0.39 is 57.8 Å². The minimum absolute atomic E-state index is 0.0392. The molecule has 146 valence electrons. The van der Waals surface area contributed by atoms with Crippen molar-refractivity contribution in [3.63, 3.8) is 0 Å². The van der Waals surface area contributed by atoms with Crippen LogP contribution in [-0.4, -0.2) is 34.7 Å². The number of aliphatic hydroxyl groups is 1. The zero-order chi connectivity index (χ0) is 20.5. The molecule has 4 atom stereocenters. The standard InChI is InChI=1S/C19H15F3N2O4/c1-17-5-6-18(28-17,7-8-25)14-13(17)15(26)24(16(14)27)11-4-2-3-10(9-23)12(11)19(20,21)22/h2-6,13-14,25H,7-8H2,1H3. The summed E-state index contributed by atoms with van der Waals surface area (Å²) in [5, 5.41) is 18.5. The van der Waals surface area contributed by atoms with Crippen molar-refractivity contribution in [2.75, 3.05) is 11.5 Å². The molecule has 28 heavy (non-hydrogen) atoms. The molecule has 1 aromatic rings. The lowest BCUT2D eigenvalue weighted by atomic mass is 9.71. The SMILES string of the molecule is CC12C=CC(CCO)(O1)C1C(=O)N(c3cccc(C#N)c3C(F)(F)F)C(=O)C12. The minimum atomic E-state index is -4.93. The van der Waals surface area contributed by atoms with E-state index in [1.807, 2.05) is 0 Å². The predicted molar refractivity (Wildman–Crippen MR) is 88.7 cm³/mol. The van der Waals surface area contributed by atoms with Crippen LogP contribution in [0.15, 0.2) is 30.4 Å². The van der Waals surface area contributed by atoms with Crippen LogP contribution in [0.4, 0.5) is 18.9 Å². The number of ether oxygens (including phenoxy) is 1. The first kappa shape index (κ1) is 18.7. The largest absolute Gasteiger partial charge is 0.419 e. The van der Waals surface area contributed by atoms with Crippen molar-refractivity contribution in [1.82, 2.24) is 0 Å². The first-order valence-corrected chi connectivity index (χ1v) is 8.59. The molecule has 3 aliphatic rings. The number of anilines is 1. The number of alkyl halides is 3. The van der Waals surface area contributed by atoms with Crippen LogP contribution >= 0.6 is 0 Å². The highest BCUT2D eigenvalue weighted by Crippen LogP contribution is 2.59. The van der Waals surface area contributed by atoms with Gasteiger partial charge in [-0.3, -0.25) is 9.59 Å². The van der Waals surface area contributed by atoms with Gasteiger partial charge in [0.2, 0.25) is 11.8 Å². The van der Waals surface area contributed by atoms with Gasteiger partial charge in [0.25, 0.3) is 0 Å². The number of nitrogens with zero attached hydrogens (tertiary/aromatic N) is 2. The monoisotopic (exact) mass is 392 g/mol. The van der Waals surface area contributed by atoms with Crippen LogP contribution in [0.2, 0.25) is 0 Å². The fourth-order valence-electron chi connectivity index (χ4n) is 4.68. The number of amides is 2. The number of hydrogen-bond acceptors (Lipinski definition) is 5. The Kier molecular flexibility index (Phi) is 3.77. The lowest BCUT2D eigenvalue weighted by Gasteiger charge is -2.29. The molecule has 9 heteroatoms. The number of aliphatic hydroxyl groups excluding tert-OH is 1. The van der Waals surface area contributed by atoms with Crippen molar-refractivity contribution in [3.05, 3.63) is 41.5 Å². The molecule has 2 bridgehead atoms. The zero-order valence-electron chi connectivity index (χ0n) is 14.7. The summed E-state index contributed by atoms with van der Waals surface area (Å²) in [5.41, 5.74) is -5.02. The summed E-state index contributed by atoms with van der Waals surface area (Å²) >= 11 is 0. The molecule has 3 heterocycles. The van der Waals surface area contributed by atoms with E-state index in [0.29, 0.717) is 4.90 Å². The number of fused-ring (bicyclic) bond motifs is 5. The maximum atomic E-state index is 13.7. The summed E-state index contributed by atoms with van der Waals surface area (Å²) in [6.07, 6.45) is -1.66. The normalized spacial score (nSPS) is 33.5. The van der Waals surface area contributed by atoms with E-state index in [2.05, 4.69) is 0 Å². The van der Waals surface area contributed by atoms with Gasteiger partial charge in [-0.05, 0) is 19.1 Å². The van der Waals surface area contributed by atoms with Crippen LogP contribution < -0.4 is 4.90 Å². The van der Waals surface area contributed by atoms with Crippen molar-refractivity contribution in [3.8, 4) is 6.07 Å². The third-order valence-corrected chi connectivity index (χ3v) is 5.75.